The third-order valence-corrected chi connectivity index (χ3v) is 4.76. The summed E-state index contributed by atoms with van der Waals surface area (Å²) in [5.74, 6) is 0.408. The highest BCUT2D eigenvalue weighted by molar-refractivity contribution is 5.90. The Balaban J connectivity index is 1.59. The molecule has 0 radical (unpaired) electrons. The molecule has 2 aromatic carbocycles. The number of nitrogens with one attached hydrogen (secondary N) is 2. The molecule has 0 aromatic heterocycles. The first kappa shape index (κ1) is 18.2. The summed E-state index contributed by atoms with van der Waals surface area (Å²) in [7, 11) is 1.70. The monoisotopic (exact) mass is 352 g/mol. The van der Waals surface area contributed by atoms with E-state index in [1.54, 1.807) is 18.7 Å². The molecule has 2 aromatic rings. The minimum Gasteiger partial charge on any atom is -0.496 e. The molecule has 0 saturated heterocycles. The van der Waals surface area contributed by atoms with Gasteiger partial charge in [0, 0.05) is 12.1 Å². The number of ether oxygens (including phenoxy) is 1. The van der Waals surface area contributed by atoms with Crippen molar-refractivity contribution < 1.29 is 14.7 Å². The average molecular weight is 352 g/mol. The first-order valence-electron chi connectivity index (χ1n) is 8.81. The molecular formula is C21H24N2O3. The lowest BCUT2D eigenvalue weighted by Crippen LogP contribution is -2.22. The van der Waals surface area contributed by atoms with Crippen LogP contribution < -0.4 is 15.5 Å². The van der Waals surface area contributed by atoms with Gasteiger partial charge in [-0.15, -0.1) is 0 Å². The van der Waals surface area contributed by atoms with Gasteiger partial charge in [0.25, 0.3) is 5.91 Å². The quantitative estimate of drug-likeness (QED) is 0.407. The summed E-state index contributed by atoms with van der Waals surface area (Å²) in [4.78, 5) is 11.1. The Labute approximate surface area is 153 Å². The molecule has 1 aliphatic carbocycles. The van der Waals surface area contributed by atoms with Crippen molar-refractivity contribution in [1.82, 2.24) is 10.8 Å². The van der Waals surface area contributed by atoms with E-state index in [-0.39, 0.29) is 0 Å². The number of rotatable bonds is 7. The van der Waals surface area contributed by atoms with Gasteiger partial charge in [0.1, 0.15) is 5.75 Å². The number of benzene rings is 2. The number of fused-ring (bicyclic) bond motifs is 1. The Morgan fingerprint density at radius 2 is 2.15 bits per heavy atom. The summed E-state index contributed by atoms with van der Waals surface area (Å²) in [6.07, 6.45) is 6.04. The molecule has 0 saturated carbocycles. The minimum absolute atomic E-state index is 0.360. The SMILES string of the molecule is COc1ccccc1CCNC1CCc2cc(C=CC(=O)NO)ccc21. The van der Waals surface area contributed by atoms with E-state index in [4.69, 9.17) is 9.94 Å². The summed E-state index contributed by atoms with van der Waals surface area (Å²) in [6, 6.07) is 14.7. The maximum Gasteiger partial charge on any atom is 0.267 e. The lowest BCUT2D eigenvalue weighted by atomic mass is 10.0. The second-order valence-corrected chi connectivity index (χ2v) is 6.37. The fourth-order valence-corrected chi connectivity index (χ4v) is 3.45. The number of amides is 1. The summed E-state index contributed by atoms with van der Waals surface area (Å²) in [6.45, 7) is 0.892. The van der Waals surface area contributed by atoms with E-state index in [9.17, 15) is 4.79 Å². The molecule has 1 atom stereocenters. The number of methoxy groups -OCH3 is 1. The van der Waals surface area contributed by atoms with E-state index < -0.39 is 5.91 Å². The summed E-state index contributed by atoms with van der Waals surface area (Å²) in [5.41, 5.74) is 6.41. The minimum atomic E-state index is -0.526. The molecule has 1 aliphatic rings. The Hall–Kier alpha value is -2.63. The molecule has 3 rings (SSSR count). The van der Waals surface area contributed by atoms with Crippen LogP contribution in [0.3, 0.4) is 0 Å². The van der Waals surface area contributed by atoms with Crippen LogP contribution in [0.25, 0.3) is 6.08 Å². The molecule has 0 heterocycles. The fraction of sp³-hybridized carbons (Fsp3) is 0.286. The van der Waals surface area contributed by atoms with Crippen molar-refractivity contribution in [1.29, 1.82) is 0 Å². The fourth-order valence-electron chi connectivity index (χ4n) is 3.45. The van der Waals surface area contributed by atoms with E-state index in [1.165, 1.54) is 22.8 Å². The number of aryl methyl sites for hydroxylation is 1. The van der Waals surface area contributed by atoms with Gasteiger partial charge >= 0.3 is 0 Å². The van der Waals surface area contributed by atoms with Crippen LogP contribution in [0.1, 0.15) is 34.7 Å². The molecule has 0 aliphatic heterocycles. The van der Waals surface area contributed by atoms with Gasteiger partial charge in [-0.25, -0.2) is 5.48 Å². The molecule has 0 spiro atoms. The number of hydrogen-bond donors (Lipinski definition) is 3. The predicted molar refractivity (Wildman–Crippen MR) is 101 cm³/mol. The number of hydroxylamine groups is 1. The molecule has 26 heavy (non-hydrogen) atoms. The molecular weight excluding hydrogens is 328 g/mol. The smallest absolute Gasteiger partial charge is 0.267 e. The molecule has 136 valence electrons. The highest BCUT2D eigenvalue weighted by atomic mass is 16.5. The predicted octanol–water partition coefficient (Wildman–Crippen LogP) is 3.03. The van der Waals surface area contributed by atoms with E-state index in [2.05, 4.69) is 23.5 Å². The van der Waals surface area contributed by atoms with Crippen LogP contribution in [0.15, 0.2) is 48.5 Å². The van der Waals surface area contributed by atoms with Gasteiger partial charge in [-0.05, 0) is 60.2 Å². The van der Waals surface area contributed by atoms with Crippen molar-refractivity contribution in [2.75, 3.05) is 13.7 Å². The maximum atomic E-state index is 11.1. The molecule has 5 heteroatoms. The van der Waals surface area contributed by atoms with Gasteiger partial charge in [0.15, 0.2) is 0 Å². The molecule has 1 amide bonds. The van der Waals surface area contributed by atoms with Crippen LogP contribution in [-0.2, 0) is 17.6 Å². The van der Waals surface area contributed by atoms with E-state index >= 15 is 0 Å². The Bertz CT molecular complexity index is 802. The number of para-hydroxylation sites is 1. The van der Waals surface area contributed by atoms with Crippen LogP contribution in [0.5, 0.6) is 5.75 Å². The zero-order chi connectivity index (χ0) is 18.4. The summed E-state index contributed by atoms with van der Waals surface area (Å²) >= 11 is 0. The van der Waals surface area contributed by atoms with Crippen LogP contribution >= 0.6 is 0 Å². The van der Waals surface area contributed by atoms with Gasteiger partial charge < -0.3 is 10.1 Å². The number of carbonyl (C=O) groups is 1. The number of hydrogen-bond acceptors (Lipinski definition) is 4. The van der Waals surface area contributed by atoms with Crippen LogP contribution in [0.2, 0.25) is 0 Å². The van der Waals surface area contributed by atoms with Crippen molar-refractivity contribution in [2.24, 2.45) is 0 Å². The molecule has 3 N–H and O–H groups in total. The van der Waals surface area contributed by atoms with Crippen LogP contribution in [0.4, 0.5) is 0 Å². The van der Waals surface area contributed by atoms with Crippen molar-refractivity contribution >= 4 is 12.0 Å². The zero-order valence-corrected chi connectivity index (χ0v) is 14.9. The number of carbonyl (C=O) groups excluding carboxylic acids is 1. The van der Waals surface area contributed by atoms with Crippen molar-refractivity contribution in [2.45, 2.75) is 25.3 Å². The first-order valence-corrected chi connectivity index (χ1v) is 8.81. The second-order valence-electron chi connectivity index (χ2n) is 6.37. The topological polar surface area (TPSA) is 70.6 Å². The Morgan fingerprint density at radius 3 is 2.96 bits per heavy atom. The van der Waals surface area contributed by atoms with Gasteiger partial charge in [0.05, 0.1) is 7.11 Å². The maximum absolute atomic E-state index is 11.1. The lowest BCUT2D eigenvalue weighted by Gasteiger charge is -2.15. The van der Waals surface area contributed by atoms with Crippen molar-refractivity contribution in [3.8, 4) is 5.75 Å². The van der Waals surface area contributed by atoms with Gasteiger partial charge in [-0.3, -0.25) is 10.0 Å². The van der Waals surface area contributed by atoms with Crippen LogP contribution in [-0.4, -0.2) is 24.8 Å². The van der Waals surface area contributed by atoms with Gasteiger partial charge in [-0.2, -0.15) is 0 Å². The third-order valence-electron chi connectivity index (χ3n) is 4.76. The largest absolute Gasteiger partial charge is 0.496 e. The highest BCUT2D eigenvalue weighted by Gasteiger charge is 2.21. The van der Waals surface area contributed by atoms with E-state index in [0.29, 0.717) is 6.04 Å². The molecule has 0 fully saturated rings. The standard InChI is InChI=1S/C21H24N2O3/c1-26-20-5-3-2-4-16(20)12-13-22-19-10-8-17-14-15(6-9-18(17)19)7-11-21(24)23-25/h2-7,9,11,14,19,22,25H,8,10,12-13H2,1H3,(H,23,24). The van der Waals surface area contributed by atoms with Crippen LogP contribution in [0, 0.1) is 0 Å². The van der Waals surface area contributed by atoms with E-state index in [0.717, 1.165) is 37.1 Å². The van der Waals surface area contributed by atoms with Gasteiger partial charge in [0.2, 0.25) is 0 Å². The summed E-state index contributed by atoms with van der Waals surface area (Å²) < 4.78 is 5.41. The zero-order valence-electron chi connectivity index (χ0n) is 14.9. The van der Waals surface area contributed by atoms with Crippen molar-refractivity contribution in [3.05, 3.63) is 70.8 Å². The normalized spacial score (nSPS) is 15.8. The Morgan fingerprint density at radius 1 is 1.31 bits per heavy atom. The average Bonchev–Trinajstić information content (AvgIpc) is 3.08. The first-order chi connectivity index (χ1) is 12.7. The lowest BCUT2D eigenvalue weighted by molar-refractivity contribution is -0.124. The second kappa shape index (κ2) is 8.65. The molecule has 1 unspecified atom stereocenters. The Kier molecular flexibility index (Phi) is 6.04. The highest BCUT2D eigenvalue weighted by Crippen LogP contribution is 2.32. The summed E-state index contributed by atoms with van der Waals surface area (Å²) in [5, 5.41) is 12.2. The molecule has 0 bridgehead atoms. The van der Waals surface area contributed by atoms with Crippen molar-refractivity contribution in [3.63, 3.8) is 0 Å². The third kappa shape index (κ3) is 4.31. The van der Waals surface area contributed by atoms with E-state index in [1.807, 2.05) is 24.3 Å². The van der Waals surface area contributed by atoms with Gasteiger partial charge in [-0.1, -0.05) is 36.4 Å². The molecule has 5 nitrogen and oxygen atoms in total.